The molecule has 1 fully saturated rings. The van der Waals surface area contributed by atoms with E-state index in [1.54, 1.807) is 0 Å². The van der Waals surface area contributed by atoms with Gasteiger partial charge in [0, 0.05) is 6.04 Å². The Hall–Kier alpha value is -0.290. The smallest absolute Gasteiger partial charge is 0.319 e. The standard InChI is InChI=1S/C6H11F3N2/c7-6(8,9)5(10)4-2-1-3-11-4/h4-5,11H,1-3,10H2. The van der Waals surface area contributed by atoms with Gasteiger partial charge in [-0.2, -0.15) is 13.2 Å². The van der Waals surface area contributed by atoms with Gasteiger partial charge < -0.3 is 11.1 Å². The van der Waals surface area contributed by atoms with Crippen molar-refractivity contribution in [3.05, 3.63) is 0 Å². The number of nitrogens with one attached hydrogen (secondary N) is 1. The van der Waals surface area contributed by atoms with Gasteiger partial charge in [-0.15, -0.1) is 0 Å². The first-order valence-corrected chi connectivity index (χ1v) is 3.57. The third-order valence-corrected chi connectivity index (χ3v) is 1.91. The molecule has 0 aromatic carbocycles. The summed E-state index contributed by atoms with van der Waals surface area (Å²) in [7, 11) is 0. The SMILES string of the molecule is NC(C1CCCN1)C(F)(F)F. The number of alkyl halides is 3. The minimum absolute atomic E-state index is 0.528. The van der Waals surface area contributed by atoms with E-state index in [0.717, 1.165) is 6.42 Å². The Kier molecular flexibility index (Phi) is 2.39. The van der Waals surface area contributed by atoms with Gasteiger partial charge in [-0.1, -0.05) is 0 Å². The Balaban J connectivity index is 2.46. The highest BCUT2D eigenvalue weighted by Crippen LogP contribution is 2.24. The second-order valence-electron chi connectivity index (χ2n) is 2.77. The third kappa shape index (κ3) is 2.07. The molecule has 0 bridgehead atoms. The Bertz CT molecular complexity index is 128. The van der Waals surface area contributed by atoms with Crippen LogP contribution in [-0.2, 0) is 0 Å². The second kappa shape index (κ2) is 2.98. The van der Waals surface area contributed by atoms with Crippen LogP contribution in [0.5, 0.6) is 0 Å². The third-order valence-electron chi connectivity index (χ3n) is 1.91. The molecule has 0 aromatic heterocycles. The molecule has 1 aliphatic heterocycles. The van der Waals surface area contributed by atoms with Gasteiger partial charge in [-0.3, -0.25) is 0 Å². The lowest BCUT2D eigenvalue weighted by atomic mass is 10.1. The van der Waals surface area contributed by atoms with Crippen molar-refractivity contribution in [1.82, 2.24) is 5.32 Å². The first kappa shape index (κ1) is 8.80. The first-order chi connectivity index (χ1) is 5.02. The molecule has 0 radical (unpaired) electrons. The summed E-state index contributed by atoms with van der Waals surface area (Å²) in [5.74, 6) is 0. The zero-order valence-electron chi connectivity index (χ0n) is 5.99. The largest absolute Gasteiger partial charge is 0.405 e. The van der Waals surface area contributed by atoms with Crippen molar-refractivity contribution in [1.29, 1.82) is 0 Å². The zero-order valence-corrected chi connectivity index (χ0v) is 5.99. The highest BCUT2D eigenvalue weighted by atomic mass is 19.4. The summed E-state index contributed by atoms with van der Waals surface area (Å²) in [6, 6.07) is -2.28. The van der Waals surface area contributed by atoms with Crippen molar-refractivity contribution in [2.24, 2.45) is 5.73 Å². The molecule has 2 atom stereocenters. The molecule has 11 heavy (non-hydrogen) atoms. The van der Waals surface area contributed by atoms with Gasteiger partial charge in [-0.25, -0.2) is 0 Å². The minimum atomic E-state index is -4.26. The topological polar surface area (TPSA) is 38.0 Å². The lowest BCUT2D eigenvalue weighted by Gasteiger charge is -2.21. The summed E-state index contributed by atoms with van der Waals surface area (Å²) in [5, 5.41) is 2.72. The lowest BCUT2D eigenvalue weighted by molar-refractivity contribution is -0.152. The maximum atomic E-state index is 11.9. The van der Waals surface area contributed by atoms with E-state index in [-0.39, 0.29) is 0 Å². The van der Waals surface area contributed by atoms with Gasteiger partial charge in [0.15, 0.2) is 0 Å². The molecule has 1 heterocycles. The van der Waals surface area contributed by atoms with E-state index in [0.29, 0.717) is 13.0 Å². The molecule has 0 aromatic rings. The normalized spacial score (nSPS) is 28.9. The number of hydrogen-bond donors (Lipinski definition) is 2. The highest BCUT2D eigenvalue weighted by Gasteiger charge is 2.42. The Morgan fingerprint density at radius 3 is 2.45 bits per heavy atom. The van der Waals surface area contributed by atoms with Gasteiger partial charge >= 0.3 is 6.18 Å². The quantitative estimate of drug-likeness (QED) is 0.602. The second-order valence-corrected chi connectivity index (χ2v) is 2.77. The van der Waals surface area contributed by atoms with Crippen molar-refractivity contribution in [3.63, 3.8) is 0 Å². The predicted molar refractivity (Wildman–Crippen MR) is 35.1 cm³/mol. The molecule has 0 saturated carbocycles. The molecule has 66 valence electrons. The maximum Gasteiger partial charge on any atom is 0.405 e. The van der Waals surface area contributed by atoms with Gasteiger partial charge in [0.1, 0.15) is 6.04 Å². The lowest BCUT2D eigenvalue weighted by Crippen LogP contribution is -2.50. The molecule has 1 rings (SSSR count). The van der Waals surface area contributed by atoms with Crippen LogP contribution in [0.1, 0.15) is 12.8 Å². The average molecular weight is 168 g/mol. The van der Waals surface area contributed by atoms with Crippen molar-refractivity contribution >= 4 is 0 Å². The van der Waals surface area contributed by atoms with Crippen LogP contribution in [0.3, 0.4) is 0 Å². The van der Waals surface area contributed by atoms with Gasteiger partial charge in [0.25, 0.3) is 0 Å². The summed E-state index contributed by atoms with van der Waals surface area (Å²) in [4.78, 5) is 0. The van der Waals surface area contributed by atoms with E-state index in [4.69, 9.17) is 5.73 Å². The van der Waals surface area contributed by atoms with Gasteiger partial charge in [0.2, 0.25) is 0 Å². The van der Waals surface area contributed by atoms with Crippen LogP contribution in [0.4, 0.5) is 13.2 Å². The molecule has 0 spiro atoms. The molecular weight excluding hydrogens is 157 g/mol. The Labute approximate surface area is 62.9 Å². The van der Waals surface area contributed by atoms with E-state index in [1.807, 2.05) is 0 Å². The monoisotopic (exact) mass is 168 g/mol. The van der Waals surface area contributed by atoms with Crippen LogP contribution < -0.4 is 11.1 Å². The maximum absolute atomic E-state index is 11.9. The molecule has 5 heteroatoms. The number of hydrogen-bond acceptors (Lipinski definition) is 2. The Morgan fingerprint density at radius 2 is 2.09 bits per heavy atom. The fourth-order valence-corrected chi connectivity index (χ4v) is 1.25. The summed E-state index contributed by atoms with van der Waals surface area (Å²) < 4.78 is 35.8. The molecule has 1 saturated heterocycles. The summed E-state index contributed by atoms with van der Waals surface area (Å²) >= 11 is 0. The van der Waals surface area contributed by atoms with Crippen LogP contribution in [0.2, 0.25) is 0 Å². The van der Waals surface area contributed by atoms with Crippen LogP contribution >= 0.6 is 0 Å². The van der Waals surface area contributed by atoms with E-state index < -0.39 is 18.3 Å². The average Bonchev–Trinajstić information content (AvgIpc) is 2.34. The van der Waals surface area contributed by atoms with Gasteiger partial charge in [-0.05, 0) is 19.4 Å². The molecule has 1 aliphatic rings. The number of halogens is 3. The van der Waals surface area contributed by atoms with Crippen molar-refractivity contribution < 1.29 is 13.2 Å². The van der Waals surface area contributed by atoms with Crippen LogP contribution in [0.25, 0.3) is 0 Å². The van der Waals surface area contributed by atoms with Crippen LogP contribution in [0.15, 0.2) is 0 Å². The molecule has 0 aliphatic carbocycles. The minimum Gasteiger partial charge on any atom is -0.319 e. The summed E-state index contributed by atoms with van der Waals surface area (Å²) in [5.41, 5.74) is 4.97. The number of nitrogens with two attached hydrogens (primary N) is 1. The van der Waals surface area contributed by atoms with Crippen LogP contribution in [-0.4, -0.2) is 24.8 Å². The van der Waals surface area contributed by atoms with Crippen molar-refractivity contribution in [2.45, 2.75) is 31.1 Å². The molecule has 0 amide bonds. The molecule has 3 N–H and O–H groups in total. The van der Waals surface area contributed by atoms with Crippen LogP contribution in [0, 0.1) is 0 Å². The fourth-order valence-electron chi connectivity index (χ4n) is 1.25. The molecule has 2 unspecified atom stereocenters. The molecular formula is C6H11F3N2. The van der Waals surface area contributed by atoms with E-state index >= 15 is 0 Å². The first-order valence-electron chi connectivity index (χ1n) is 3.57. The molecule has 2 nitrogen and oxygen atoms in total. The number of rotatable bonds is 1. The Morgan fingerprint density at radius 1 is 1.45 bits per heavy atom. The van der Waals surface area contributed by atoms with E-state index in [9.17, 15) is 13.2 Å². The summed E-state index contributed by atoms with van der Waals surface area (Å²) in [6.45, 7) is 0.647. The summed E-state index contributed by atoms with van der Waals surface area (Å²) in [6.07, 6.45) is -2.95. The fraction of sp³-hybridized carbons (Fsp3) is 1.00. The van der Waals surface area contributed by atoms with Crippen molar-refractivity contribution in [2.75, 3.05) is 6.54 Å². The van der Waals surface area contributed by atoms with Crippen molar-refractivity contribution in [3.8, 4) is 0 Å². The zero-order chi connectivity index (χ0) is 8.48. The van der Waals surface area contributed by atoms with E-state index in [2.05, 4.69) is 5.32 Å². The van der Waals surface area contributed by atoms with Gasteiger partial charge in [0.05, 0.1) is 0 Å². The van der Waals surface area contributed by atoms with E-state index in [1.165, 1.54) is 0 Å². The predicted octanol–water partition coefficient (Wildman–Crippen LogP) is 0.628. The highest BCUT2D eigenvalue weighted by molar-refractivity contribution is 4.88.